The van der Waals surface area contributed by atoms with Gasteiger partial charge in [-0.15, -0.1) is 0 Å². The highest BCUT2D eigenvalue weighted by Gasteiger charge is 2.33. The summed E-state index contributed by atoms with van der Waals surface area (Å²) < 4.78 is 5.11. The normalized spacial score (nSPS) is 16.2. The van der Waals surface area contributed by atoms with E-state index in [1.807, 2.05) is 54.6 Å². The third-order valence-corrected chi connectivity index (χ3v) is 3.81. The van der Waals surface area contributed by atoms with Crippen LogP contribution in [-0.4, -0.2) is 30.2 Å². The average molecular weight is 307 g/mol. The number of nitrogens with zero attached hydrogens (tertiary/aromatic N) is 1. The molecule has 1 fully saturated rings. The number of methoxy groups -OCH3 is 1. The Morgan fingerprint density at radius 3 is 2.39 bits per heavy atom. The molecule has 4 heteroatoms. The predicted octanol–water partition coefficient (Wildman–Crippen LogP) is 2.69. The lowest BCUT2D eigenvalue weighted by atomic mass is 10.1. The molecule has 0 saturated carbocycles. The minimum atomic E-state index is -0.436. The Balaban J connectivity index is 1.77. The summed E-state index contributed by atoms with van der Waals surface area (Å²) in [5.74, 6) is -0.1000. The van der Waals surface area contributed by atoms with Crippen LogP contribution >= 0.6 is 0 Å². The summed E-state index contributed by atoms with van der Waals surface area (Å²) in [6.07, 6.45) is 1.77. The van der Waals surface area contributed by atoms with E-state index in [1.165, 1.54) is 0 Å². The second-order valence-corrected chi connectivity index (χ2v) is 5.42. The largest absolute Gasteiger partial charge is 0.497 e. The summed E-state index contributed by atoms with van der Waals surface area (Å²) in [4.78, 5) is 25.9. The standard InChI is InChI=1S/C19H17NO3/c1-23-17-9-7-14(8-10-17)11-16-13-20(19(22)18(16)21)12-15-5-3-2-4-6-15/h2-11H,12-13H2,1H3/b16-11+. The number of ether oxygens (including phenoxy) is 1. The van der Waals surface area contributed by atoms with E-state index in [0.29, 0.717) is 18.7 Å². The van der Waals surface area contributed by atoms with Gasteiger partial charge in [-0.3, -0.25) is 9.59 Å². The van der Waals surface area contributed by atoms with Gasteiger partial charge in [-0.25, -0.2) is 0 Å². The third-order valence-electron chi connectivity index (χ3n) is 3.81. The van der Waals surface area contributed by atoms with E-state index in [2.05, 4.69) is 0 Å². The lowest BCUT2D eigenvalue weighted by molar-refractivity contribution is -0.139. The van der Waals surface area contributed by atoms with Crippen LogP contribution < -0.4 is 4.74 Å². The lowest BCUT2D eigenvalue weighted by Gasteiger charge is -2.13. The molecule has 0 N–H and O–H groups in total. The van der Waals surface area contributed by atoms with Gasteiger partial charge >= 0.3 is 0 Å². The zero-order valence-electron chi connectivity index (χ0n) is 12.9. The molecule has 3 rings (SSSR count). The molecule has 23 heavy (non-hydrogen) atoms. The third kappa shape index (κ3) is 3.31. The Hall–Kier alpha value is -2.88. The molecular weight excluding hydrogens is 290 g/mol. The van der Waals surface area contributed by atoms with Crippen molar-refractivity contribution in [3.05, 3.63) is 71.3 Å². The van der Waals surface area contributed by atoms with Crippen molar-refractivity contribution in [2.24, 2.45) is 0 Å². The minimum Gasteiger partial charge on any atom is -0.497 e. The van der Waals surface area contributed by atoms with Crippen molar-refractivity contribution in [3.8, 4) is 5.75 Å². The Morgan fingerprint density at radius 2 is 1.74 bits per heavy atom. The fourth-order valence-electron chi connectivity index (χ4n) is 2.57. The van der Waals surface area contributed by atoms with E-state index in [4.69, 9.17) is 4.74 Å². The maximum atomic E-state index is 12.1. The maximum absolute atomic E-state index is 12.1. The summed E-state index contributed by atoms with van der Waals surface area (Å²) in [7, 11) is 1.61. The molecule has 4 nitrogen and oxygen atoms in total. The first-order valence-corrected chi connectivity index (χ1v) is 7.39. The molecule has 116 valence electrons. The Bertz CT molecular complexity index is 748. The molecular formula is C19H17NO3. The molecule has 0 spiro atoms. The molecule has 1 amide bonds. The van der Waals surface area contributed by atoms with Crippen molar-refractivity contribution in [2.45, 2.75) is 6.54 Å². The zero-order chi connectivity index (χ0) is 16.2. The molecule has 0 bridgehead atoms. The van der Waals surface area contributed by atoms with Gasteiger partial charge in [0, 0.05) is 12.1 Å². The van der Waals surface area contributed by atoms with Gasteiger partial charge in [-0.05, 0) is 29.3 Å². The SMILES string of the molecule is COc1ccc(/C=C2\CN(Cc3ccccc3)C(=O)C2=O)cc1. The molecule has 1 heterocycles. The Labute approximate surface area is 135 Å². The number of carbonyl (C=O) groups excluding carboxylic acids is 2. The molecule has 2 aromatic rings. The van der Waals surface area contributed by atoms with Crippen LogP contribution in [0.25, 0.3) is 6.08 Å². The summed E-state index contributed by atoms with van der Waals surface area (Å²) in [5.41, 5.74) is 2.42. The lowest BCUT2D eigenvalue weighted by Crippen LogP contribution is -2.26. The van der Waals surface area contributed by atoms with Crippen molar-refractivity contribution < 1.29 is 14.3 Å². The number of ketones is 1. The van der Waals surface area contributed by atoms with Gasteiger partial charge in [-0.2, -0.15) is 0 Å². The van der Waals surface area contributed by atoms with Crippen molar-refractivity contribution >= 4 is 17.8 Å². The Kier molecular flexibility index (Phi) is 4.24. The summed E-state index contributed by atoms with van der Waals surface area (Å²) in [6, 6.07) is 17.1. The molecule has 0 unspecified atom stereocenters. The fourth-order valence-corrected chi connectivity index (χ4v) is 2.57. The van der Waals surface area contributed by atoms with Crippen LogP contribution in [-0.2, 0) is 16.1 Å². The minimum absolute atomic E-state index is 0.346. The number of likely N-dealkylation sites (tertiary alicyclic amines) is 1. The fraction of sp³-hybridized carbons (Fsp3) is 0.158. The zero-order valence-corrected chi connectivity index (χ0v) is 12.9. The highest BCUT2D eigenvalue weighted by Crippen LogP contribution is 2.20. The molecule has 1 aliphatic heterocycles. The van der Waals surface area contributed by atoms with Crippen molar-refractivity contribution in [3.63, 3.8) is 0 Å². The molecule has 0 radical (unpaired) electrons. The quantitative estimate of drug-likeness (QED) is 0.644. The van der Waals surface area contributed by atoms with Gasteiger partial charge in [0.2, 0.25) is 5.78 Å². The predicted molar refractivity (Wildman–Crippen MR) is 87.8 cm³/mol. The van der Waals surface area contributed by atoms with Crippen LogP contribution in [0.2, 0.25) is 0 Å². The molecule has 1 saturated heterocycles. The maximum Gasteiger partial charge on any atom is 0.295 e. The summed E-state index contributed by atoms with van der Waals surface area (Å²) in [5, 5.41) is 0. The molecule has 0 aromatic heterocycles. The van der Waals surface area contributed by atoms with Crippen LogP contribution in [0.5, 0.6) is 5.75 Å². The molecule has 1 aliphatic rings. The smallest absolute Gasteiger partial charge is 0.295 e. The van der Waals surface area contributed by atoms with Crippen LogP contribution in [0.4, 0.5) is 0 Å². The van der Waals surface area contributed by atoms with Crippen molar-refractivity contribution in [1.29, 1.82) is 0 Å². The van der Waals surface area contributed by atoms with Gasteiger partial charge in [0.15, 0.2) is 0 Å². The number of hydrogen-bond acceptors (Lipinski definition) is 3. The second-order valence-electron chi connectivity index (χ2n) is 5.42. The van der Waals surface area contributed by atoms with Gasteiger partial charge in [-0.1, -0.05) is 42.5 Å². The molecule has 2 aromatic carbocycles. The second kappa shape index (κ2) is 6.48. The highest BCUT2D eigenvalue weighted by molar-refractivity contribution is 6.45. The number of amides is 1. The summed E-state index contributed by atoms with van der Waals surface area (Å²) >= 11 is 0. The van der Waals surface area contributed by atoms with Crippen molar-refractivity contribution in [2.75, 3.05) is 13.7 Å². The first-order chi connectivity index (χ1) is 11.2. The van der Waals surface area contributed by atoms with Gasteiger partial charge in [0.25, 0.3) is 5.91 Å². The van der Waals surface area contributed by atoms with Crippen LogP contribution in [0.1, 0.15) is 11.1 Å². The number of rotatable bonds is 4. The van der Waals surface area contributed by atoms with E-state index in [1.54, 1.807) is 18.1 Å². The van der Waals surface area contributed by atoms with Gasteiger partial charge in [0.1, 0.15) is 5.75 Å². The average Bonchev–Trinajstić information content (AvgIpc) is 2.84. The summed E-state index contributed by atoms with van der Waals surface area (Å²) in [6.45, 7) is 0.796. The van der Waals surface area contributed by atoms with Crippen LogP contribution in [0.3, 0.4) is 0 Å². The number of benzene rings is 2. The number of hydrogen-bond donors (Lipinski definition) is 0. The Morgan fingerprint density at radius 1 is 1.04 bits per heavy atom. The van der Waals surface area contributed by atoms with E-state index in [-0.39, 0.29) is 0 Å². The van der Waals surface area contributed by atoms with E-state index >= 15 is 0 Å². The van der Waals surface area contributed by atoms with Crippen LogP contribution in [0, 0.1) is 0 Å². The van der Waals surface area contributed by atoms with Gasteiger partial charge in [0.05, 0.1) is 13.7 Å². The van der Waals surface area contributed by atoms with Crippen LogP contribution in [0.15, 0.2) is 60.2 Å². The first kappa shape index (κ1) is 15.0. The van der Waals surface area contributed by atoms with E-state index in [0.717, 1.165) is 16.9 Å². The van der Waals surface area contributed by atoms with Gasteiger partial charge < -0.3 is 9.64 Å². The topological polar surface area (TPSA) is 46.6 Å². The number of Topliss-reactive ketones (excluding diaryl/α,β-unsaturated/α-hetero) is 1. The first-order valence-electron chi connectivity index (χ1n) is 7.39. The highest BCUT2D eigenvalue weighted by atomic mass is 16.5. The number of carbonyl (C=O) groups is 2. The molecule has 0 aliphatic carbocycles. The molecule has 0 atom stereocenters. The monoisotopic (exact) mass is 307 g/mol. The van der Waals surface area contributed by atoms with Crippen molar-refractivity contribution in [1.82, 2.24) is 4.90 Å². The van der Waals surface area contributed by atoms with E-state index < -0.39 is 11.7 Å². The van der Waals surface area contributed by atoms with E-state index in [9.17, 15) is 9.59 Å².